The number of aryl methyl sites for hydroxylation is 1. The van der Waals surface area contributed by atoms with Gasteiger partial charge in [0.15, 0.2) is 0 Å². The van der Waals surface area contributed by atoms with Gasteiger partial charge >= 0.3 is 0 Å². The van der Waals surface area contributed by atoms with E-state index < -0.39 is 0 Å². The lowest BCUT2D eigenvalue weighted by Crippen LogP contribution is -2.44. The molecule has 0 radical (unpaired) electrons. The lowest BCUT2D eigenvalue weighted by Gasteiger charge is -2.26. The molecule has 0 unspecified atom stereocenters. The summed E-state index contributed by atoms with van der Waals surface area (Å²) in [7, 11) is 2.11. The van der Waals surface area contributed by atoms with Crippen molar-refractivity contribution in [1.82, 2.24) is 9.88 Å². The Kier molecular flexibility index (Phi) is 6.48. The zero-order chi connectivity index (χ0) is 11.5. The molecule has 5 heteroatoms. The second-order valence-electron chi connectivity index (χ2n) is 4.84. The molecule has 0 atom stereocenters. The van der Waals surface area contributed by atoms with E-state index in [2.05, 4.69) is 37.7 Å². The molecule has 0 aliphatic rings. The van der Waals surface area contributed by atoms with Crippen molar-refractivity contribution >= 4 is 23.7 Å². The second kappa shape index (κ2) is 6.55. The highest BCUT2D eigenvalue weighted by molar-refractivity contribution is 7.11. The summed E-state index contributed by atoms with van der Waals surface area (Å²) < 4.78 is 0. The Balaban J connectivity index is 0.00000225. The summed E-state index contributed by atoms with van der Waals surface area (Å²) >= 11 is 1.78. The Hall–Kier alpha value is -0.160. The maximum atomic E-state index is 5.95. The zero-order valence-electron chi connectivity index (χ0n) is 10.5. The van der Waals surface area contributed by atoms with Crippen LogP contribution in [0.3, 0.4) is 0 Å². The van der Waals surface area contributed by atoms with E-state index in [0.717, 1.165) is 19.5 Å². The molecule has 94 valence electrons. The molecule has 1 aromatic rings. The van der Waals surface area contributed by atoms with Crippen LogP contribution in [0.2, 0.25) is 0 Å². The van der Waals surface area contributed by atoms with Crippen molar-refractivity contribution < 1.29 is 0 Å². The Morgan fingerprint density at radius 2 is 2.12 bits per heavy atom. The van der Waals surface area contributed by atoms with Gasteiger partial charge in [0.1, 0.15) is 0 Å². The van der Waals surface area contributed by atoms with Gasteiger partial charge in [-0.1, -0.05) is 0 Å². The van der Waals surface area contributed by atoms with E-state index in [4.69, 9.17) is 5.73 Å². The maximum Gasteiger partial charge on any atom is 0.0940 e. The van der Waals surface area contributed by atoms with Crippen LogP contribution < -0.4 is 5.73 Å². The number of nitrogens with two attached hydrogens (primary N) is 1. The van der Waals surface area contributed by atoms with Gasteiger partial charge in [-0.15, -0.1) is 23.7 Å². The summed E-state index contributed by atoms with van der Waals surface area (Å²) in [5.74, 6) is 0. The van der Waals surface area contributed by atoms with E-state index in [1.165, 1.54) is 9.88 Å². The zero-order valence-corrected chi connectivity index (χ0v) is 12.1. The highest BCUT2D eigenvalue weighted by atomic mass is 35.5. The van der Waals surface area contributed by atoms with E-state index >= 15 is 0 Å². The van der Waals surface area contributed by atoms with Gasteiger partial charge < -0.3 is 10.6 Å². The monoisotopic (exact) mass is 263 g/mol. The van der Waals surface area contributed by atoms with Gasteiger partial charge in [-0.25, -0.2) is 4.98 Å². The number of rotatable bonds is 5. The minimum absolute atomic E-state index is 0. The summed E-state index contributed by atoms with van der Waals surface area (Å²) in [6.07, 6.45) is 2.96. The van der Waals surface area contributed by atoms with Crippen LogP contribution in [0.5, 0.6) is 0 Å². The summed E-state index contributed by atoms with van der Waals surface area (Å²) in [4.78, 5) is 7.89. The van der Waals surface area contributed by atoms with Gasteiger partial charge in [-0.3, -0.25) is 0 Å². The third kappa shape index (κ3) is 6.43. The highest BCUT2D eigenvalue weighted by Crippen LogP contribution is 2.12. The van der Waals surface area contributed by atoms with Crippen LogP contribution >= 0.6 is 23.7 Å². The number of hydrogen-bond donors (Lipinski definition) is 1. The predicted molar refractivity (Wildman–Crippen MR) is 73.6 cm³/mol. The Morgan fingerprint density at radius 1 is 1.50 bits per heavy atom. The van der Waals surface area contributed by atoms with Gasteiger partial charge in [0.05, 0.1) is 5.01 Å². The maximum absolute atomic E-state index is 5.95. The van der Waals surface area contributed by atoms with Crippen LogP contribution in [-0.2, 0) is 6.42 Å². The first-order valence-electron chi connectivity index (χ1n) is 5.25. The smallest absolute Gasteiger partial charge is 0.0940 e. The van der Waals surface area contributed by atoms with Crippen LogP contribution in [0.1, 0.15) is 23.7 Å². The van der Waals surface area contributed by atoms with Crippen LogP contribution in [0.15, 0.2) is 6.20 Å². The lowest BCUT2D eigenvalue weighted by molar-refractivity contribution is 0.273. The van der Waals surface area contributed by atoms with Crippen LogP contribution in [0, 0.1) is 6.92 Å². The first-order chi connectivity index (χ1) is 6.87. The van der Waals surface area contributed by atoms with E-state index in [1.807, 2.05) is 6.20 Å². The predicted octanol–water partition coefficient (Wildman–Crippen LogP) is 2.08. The molecule has 0 saturated carbocycles. The Bertz CT molecular complexity index is 306. The molecule has 0 aromatic carbocycles. The number of halogens is 1. The molecule has 16 heavy (non-hydrogen) atoms. The molecule has 0 saturated heterocycles. The average molecular weight is 264 g/mol. The van der Waals surface area contributed by atoms with Gasteiger partial charge in [-0.2, -0.15) is 0 Å². The molecule has 1 heterocycles. The normalized spacial score (nSPS) is 11.6. The molecular formula is C11H22ClN3S. The SMILES string of the molecule is Cc1cnc(CCN(C)CC(C)(C)N)s1.Cl. The van der Waals surface area contributed by atoms with E-state index in [-0.39, 0.29) is 17.9 Å². The van der Waals surface area contributed by atoms with Crippen molar-refractivity contribution in [2.24, 2.45) is 5.73 Å². The van der Waals surface area contributed by atoms with Crippen LogP contribution in [0.4, 0.5) is 0 Å². The Morgan fingerprint density at radius 3 is 2.56 bits per heavy atom. The largest absolute Gasteiger partial charge is 0.324 e. The fourth-order valence-corrected chi connectivity index (χ4v) is 2.35. The summed E-state index contributed by atoms with van der Waals surface area (Å²) in [6, 6.07) is 0. The molecule has 2 N–H and O–H groups in total. The quantitative estimate of drug-likeness (QED) is 0.885. The molecule has 0 aliphatic heterocycles. The average Bonchev–Trinajstić information content (AvgIpc) is 2.45. The van der Waals surface area contributed by atoms with Crippen LogP contribution in [0.25, 0.3) is 0 Å². The third-order valence-electron chi connectivity index (χ3n) is 2.05. The first-order valence-corrected chi connectivity index (χ1v) is 6.07. The molecule has 0 spiro atoms. The van der Waals surface area contributed by atoms with Gasteiger partial charge in [0.2, 0.25) is 0 Å². The van der Waals surface area contributed by atoms with Crippen molar-refractivity contribution in [3.63, 3.8) is 0 Å². The van der Waals surface area contributed by atoms with Gasteiger partial charge in [0, 0.05) is 36.1 Å². The lowest BCUT2D eigenvalue weighted by atomic mass is 10.1. The van der Waals surface area contributed by atoms with E-state index in [1.54, 1.807) is 11.3 Å². The highest BCUT2D eigenvalue weighted by Gasteiger charge is 2.13. The van der Waals surface area contributed by atoms with Crippen LogP contribution in [-0.4, -0.2) is 35.6 Å². The molecule has 0 amide bonds. The molecular weight excluding hydrogens is 242 g/mol. The molecule has 1 rings (SSSR count). The molecule has 0 fully saturated rings. The van der Waals surface area contributed by atoms with Crippen molar-refractivity contribution in [1.29, 1.82) is 0 Å². The standard InChI is InChI=1S/C11H21N3S.ClH/c1-9-7-13-10(15-9)5-6-14(4)8-11(2,3)12;/h7H,5-6,8,12H2,1-4H3;1H. The fraction of sp³-hybridized carbons (Fsp3) is 0.727. The minimum Gasteiger partial charge on any atom is -0.324 e. The van der Waals surface area contributed by atoms with Crippen molar-refractivity contribution in [3.8, 4) is 0 Å². The summed E-state index contributed by atoms with van der Waals surface area (Å²) in [5.41, 5.74) is 5.84. The number of thiazole rings is 1. The summed E-state index contributed by atoms with van der Waals surface area (Å²) in [5, 5.41) is 1.22. The molecule has 3 nitrogen and oxygen atoms in total. The molecule has 1 aromatic heterocycles. The molecule has 0 aliphatic carbocycles. The van der Waals surface area contributed by atoms with E-state index in [0.29, 0.717) is 0 Å². The van der Waals surface area contributed by atoms with Crippen molar-refractivity contribution in [2.45, 2.75) is 32.7 Å². The summed E-state index contributed by atoms with van der Waals surface area (Å²) in [6.45, 7) is 8.13. The minimum atomic E-state index is -0.118. The Labute approximate surface area is 108 Å². The van der Waals surface area contributed by atoms with Gasteiger partial charge in [-0.05, 0) is 27.8 Å². The topological polar surface area (TPSA) is 42.2 Å². The van der Waals surface area contributed by atoms with Crippen molar-refractivity contribution in [2.75, 3.05) is 20.1 Å². The van der Waals surface area contributed by atoms with Crippen molar-refractivity contribution in [3.05, 3.63) is 16.1 Å². The van der Waals surface area contributed by atoms with Gasteiger partial charge in [0.25, 0.3) is 0 Å². The third-order valence-corrected chi connectivity index (χ3v) is 3.03. The number of aromatic nitrogens is 1. The number of hydrogen-bond acceptors (Lipinski definition) is 4. The number of nitrogens with zero attached hydrogens (tertiary/aromatic N) is 2. The second-order valence-corrected chi connectivity index (χ2v) is 6.16. The fourth-order valence-electron chi connectivity index (χ4n) is 1.58. The first kappa shape index (κ1) is 15.8. The molecule has 0 bridgehead atoms. The van der Waals surface area contributed by atoms with E-state index in [9.17, 15) is 0 Å². The number of likely N-dealkylation sites (N-methyl/N-ethyl adjacent to an activating group) is 1.